The first-order chi connectivity index (χ1) is 11.1. The molecular weight excluding hydrogens is 288 g/mol. The maximum Gasteiger partial charge on any atom is 0.339 e. The molecule has 0 amide bonds. The fraction of sp³-hybridized carbons (Fsp3) is 0.150. The number of fused-ring (bicyclic) bond motifs is 1. The zero-order chi connectivity index (χ0) is 16.7. The van der Waals surface area contributed by atoms with Gasteiger partial charge in [0.15, 0.2) is 0 Å². The van der Waals surface area contributed by atoms with Crippen LogP contribution in [0.5, 0.6) is 5.75 Å². The first-order valence-electron chi connectivity index (χ1n) is 7.60. The van der Waals surface area contributed by atoms with Gasteiger partial charge in [-0.2, -0.15) is 0 Å². The van der Waals surface area contributed by atoms with E-state index in [1.807, 2.05) is 18.2 Å². The van der Waals surface area contributed by atoms with E-state index < -0.39 is 5.97 Å². The Morgan fingerprint density at radius 3 is 2.04 bits per heavy atom. The minimum Gasteiger partial charge on any atom is -0.507 e. The fourth-order valence-electron chi connectivity index (χ4n) is 2.33. The van der Waals surface area contributed by atoms with Crippen LogP contribution in [-0.4, -0.2) is 16.2 Å². The summed E-state index contributed by atoms with van der Waals surface area (Å²) in [5.74, 6) is -1.32. The van der Waals surface area contributed by atoms with E-state index in [1.165, 1.54) is 30.5 Å². The Morgan fingerprint density at radius 2 is 1.48 bits per heavy atom. The fourth-order valence-corrected chi connectivity index (χ4v) is 2.33. The molecule has 3 rings (SSSR count). The summed E-state index contributed by atoms with van der Waals surface area (Å²) >= 11 is 0. The molecule has 3 nitrogen and oxygen atoms in total. The molecule has 23 heavy (non-hydrogen) atoms. The number of aromatic carboxylic acids is 1. The van der Waals surface area contributed by atoms with Gasteiger partial charge in [0.2, 0.25) is 0 Å². The molecule has 0 unspecified atom stereocenters. The molecule has 0 aromatic heterocycles. The van der Waals surface area contributed by atoms with Crippen LogP contribution < -0.4 is 0 Å². The molecule has 0 aliphatic heterocycles. The molecule has 0 aliphatic carbocycles. The van der Waals surface area contributed by atoms with E-state index in [2.05, 4.69) is 37.3 Å². The molecule has 0 radical (unpaired) electrons. The lowest BCUT2D eigenvalue weighted by atomic mass is 10.1. The van der Waals surface area contributed by atoms with Gasteiger partial charge in [0.25, 0.3) is 0 Å². The molecule has 0 bridgehead atoms. The number of rotatable bonds is 3. The van der Waals surface area contributed by atoms with Crippen LogP contribution in [0.2, 0.25) is 0 Å². The first-order valence-corrected chi connectivity index (χ1v) is 7.60. The van der Waals surface area contributed by atoms with E-state index in [0.29, 0.717) is 0 Å². The van der Waals surface area contributed by atoms with E-state index in [1.54, 1.807) is 6.07 Å². The highest BCUT2D eigenvalue weighted by Gasteiger charge is 2.09. The molecule has 118 valence electrons. The van der Waals surface area contributed by atoms with Crippen LogP contribution in [0.25, 0.3) is 10.8 Å². The molecule has 0 heterocycles. The molecule has 0 aliphatic rings. The van der Waals surface area contributed by atoms with E-state index >= 15 is 0 Å². The highest BCUT2D eigenvalue weighted by atomic mass is 16.4. The second-order valence-electron chi connectivity index (χ2n) is 5.26. The third kappa shape index (κ3) is 4.58. The van der Waals surface area contributed by atoms with Crippen LogP contribution in [0.4, 0.5) is 0 Å². The lowest BCUT2D eigenvalue weighted by Gasteiger charge is -2.02. The maximum absolute atomic E-state index is 10.7. The lowest BCUT2D eigenvalue weighted by molar-refractivity contribution is 0.0694. The highest BCUT2D eigenvalue weighted by Crippen LogP contribution is 2.24. The third-order valence-corrected chi connectivity index (χ3v) is 3.48. The number of carboxylic acid groups (broad SMARTS) is 1. The molecule has 0 spiro atoms. The molecule has 3 aromatic rings. The third-order valence-electron chi connectivity index (χ3n) is 3.48. The Kier molecular flexibility index (Phi) is 5.75. The molecule has 0 atom stereocenters. The van der Waals surface area contributed by atoms with Gasteiger partial charge in [-0.1, -0.05) is 67.9 Å². The minimum absolute atomic E-state index is 0.0660. The Morgan fingerprint density at radius 1 is 0.913 bits per heavy atom. The van der Waals surface area contributed by atoms with Gasteiger partial charge in [0, 0.05) is 0 Å². The molecule has 3 aromatic carbocycles. The van der Waals surface area contributed by atoms with Crippen LogP contribution in [0.15, 0.2) is 66.7 Å². The summed E-state index contributed by atoms with van der Waals surface area (Å²) in [5, 5.41) is 19.8. The van der Waals surface area contributed by atoms with Gasteiger partial charge in [0.1, 0.15) is 11.3 Å². The molecule has 2 N–H and O–H groups in total. The second kappa shape index (κ2) is 7.99. The average molecular weight is 308 g/mol. The van der Waals surface area contributed by atoms with Crippen molar-refractivity contribution < 1.29 is 15.0 Å². The standard InChI is InChI=1S/C11H8O3.C9H12/c12-10-6-8-4-2-1-3-7(8)5-9(10)11(13)14;1-2-6-9-7-4-3-5-8-9/h1-6,12H,(H,13,14);3-5,7-8H,2,6H2,1H3. The normalized spacial score (nSPS) is 9.96. The van der Waals surface area contributed by atoms with Crippen LogP contribution >= 0.6 is 0 Å². The van der Waals surface area contributed by atoms with Crippen LogP contribution in [0, 0.1) is 0 Å². The van der Waals surface area contributed by atoms with E-state index in [4.69, 9.17) is 5.11 Å². The maximum atomic E-state index is 10.7. The summed E-state index contributed by atoms with van der Waals surface area (Å²) < 4.78 is 0. The van der Waals surface area contributed by atoms with E-state index in [0.717, 1.165) is 10.8 Å². The van der Waals surface area contributed by atoms with Gasteiger partial charge < -0.3 is 10.2 Å². The first kappa shape index (κ1) is 16.6. The molecule has 0 fully saturated rings. The van der Waals surface area contributed by atoms with Gasteiger partial charge in [-0.15, -0.1) is 0 Å². The number of carbonyl (C=O) groups is 1. The van der Waals surface area contributed by atoms with Crippen LogP contribution in [-0.2, 0) is 6.42 Å². The molecule has 0 saturated carbocycles. The molecule has 3 heteroatoms. The van der Waals surface area contributed by atoms with Crippen molar-refractivity contribution in [2.24, 2.45) is 0 Å². The number of aryl methyl sites for hydroxylation is 1. The summed E-state index contributed by atoms with van der Waals surface area (Å²) in [4.78, 5) is 10.7. The summed E-state index contributed by atoms with van der Waals surface area (Å²) in [5.41, 5.74) is 1.38. The van der Waals surface area contributed by atoms with Crippen molar-refractivity contribution in [3.8, 4) is 5.75 Å². The predicted molar refractivity (Wildman–Crippen MR) is 93.0 cm³/mol. The average Bonchev–Trinajstić information content (AvgIpc) is 2.56. The summed E-state index contributed by atoms with van der Waals surface area (Å²) in [6.45, 7) is 2.20. The Bertz CT molecular complexity index is 779. The topological polar surface area (TPSA) is 57.5 Å². The number of phenols is 1. The van der Waals surface area contributed by atoms with Crippen molar-refractivity contribution in [1.82, 2.24) is 0 Å². The van der Waals surface area contributed by atoms with Crippen LogP contribution in [0.3, 0.4) is 0 Å². The van der Waals surface area contributed by atoms with Gasteiger partial charge >= 0.3 is 5.97 Å². The SMILES string of the molecule is CCCc1ccccc1.O=C(O)c1cc2ccccc2cc1O. The largest absolute Gasteiger partial charge is 0.507 e. The number of carboxylic acids is 1. The zero-order valence-electron chi connectivity index (χ0n) is 13.1. The summed E-state index contributed by atoms with van der Waals surface area (Å²) in [6.07, 6.45) is 2.45. The highest BCUT2D eigenvalue weighted by molar-refractivity contribution is 5.97. The van der Waals surface area contributed by atoms with Crippen molar-refractivity contribution in [3.05, 3.63) is 77.9 Å². The van der Waals surface area contributed by atoms with Crippen molar-refractivity contribution in [3.63, 3.8) is 0 Å². The smallest absolute Gasteiger partial charge is 0.339 e. The van der Waals surface area contributed by atoms with Gasteiger partial charge in [-0.3, -0.25) is 0 Å². The summed E-state index contributed by atoms with van der Waals surface area (Å²) in [7, 11) is 0. The van der Waals surface area contributed by atoms with Gasteiger partial charge in [0.05, 0.1) is 0 Å². The number of benzene rings is 3. The quantitative estimate of drug-likeness (QED) is 0.725. The van der Waals surface area contributed by atoms with Crippen molar-refractivity contribution in [2.45, 2.75) is 19.8 Å². The zero-order valence-corrected chi connectivity index (χ0v) is 13.1. The lowest BCUT2D eigenvalue weighted by Crippen LogP contribution is -1.96. The number of hydrogen-bond donors (Lipinski definition) is 2. The van der Waals surface area contributed by atoms with Gasteiger partial charge in [-0.05, 0) is 34.9 Å². The van der Waals surface area contributed by atoms with Gasteiger partial charge in [-0.25, -0.2) is 4.79 Å². The Balaban J connectivity index is 0.000000185. The van der Waals surface area contributed by atoms with Crippen molar-refractivity contribution in [1.29, 1.82) is 0 Å². The monoisotopic (exact) mass is 308 g/mol. The number of aromatic hydroxyl groups is 1. The van der Waals surface area contributed by atoms with Crippen molar-refractivity contribution in [2.75, 3.05) is 0 Å². The minimum atomic E-state index is -1.12. The summed E-state index contributed by atoms with van der Waals surface area (Å²) in [6, 6.07) is 20.8. The van der Waals surface area contributed by atoms with E-state index in [9.17, 15) is 9.90 Å². The Hall–Kier alpha value is -2.81. The van der Waals surface area contributed by atoms with E-state index in [-0.39, 0.29) is 11.3 Å². The van der Waals surface area contributed by atoms with Crippen molar-refractivity contribution >= 4 is 16.7 Å². The van der Waals surface area contributed by atoms with Crippen LogP contribution in [0.1, 0.15) is 29.3 Å². The second-order valence-corrected chi connectivity index (χ2v) is 5.26. The Labute approximate surface area is 135 Å². The molecule has 0 saturated heterocycles. The number of hydrogen-bond acceptors (Lipinski definition) is 2. The predicted octanol–water partition coefficient (Wildman–Crippen LogP) is 4.88. The molecular formula is C20H20O3.